The Balaban J connectivity index is 1.80. The third-order valence-corrected chi connectivity index (χ3v) is 3.85. The minimum absolute atomic E-state index is 0.0338. The summed E-state index contributed by atoms with van der Waals surface area (Å²) in [5, 5.41) is 2.88. The van der Waals surface area contributed by atoms with Crippen molar-refractivity contribution >= 4 is 11.6 Å². The largest absolute Gasteiger partial charge is 0.398 e. The van der Waals surface area contributed by atoms with Gasteiger partial charge >= 0.3 is 0 Å². The number of benzene rings is 1. The van der Waals surface area contributed by atoms with E-state index in [1.54, 1.807) is 13.0 Å². The van der Waals surface area contributed by atoms with Crippen LogP contribution in [0.25, 0.3) is 0 Å². The van der Waals surface area contributed by atoms with E-state index in [2.05, 4.69) is 10.2 Å². The van der Waals surface area contributed by atoms with Crippen LogP contribution in [0.5, 0.6) is 0 Å². The Morgan fingerprint density at radius 1 is 1.45 bits per heavy atom. The molecule has 1 aliphatic heterocycles. The Morgan fingerprint density at radius 2 is 2.15 bits per heavy atom. The molecule has 1 aromatic carbocycles. The SMILES string of the molecule is CC(=O)NCC1CCN(Cc2ccc(F)cc2N)CC1. The number of nitrogen functional groups attached to an aromatic ring is 1. The molecule has 20 heavy (non-hydrogen) atoms. The van der Waals surface area contributed by atoms with Crippen molar-refractivity contribution in [3.63, 3.8) is 0 Å². The van der Waals surface area contributed by atoms with E-state index >= 15 is 0 Å². The Kier molecular flexibility index (Phi) is 4.95. The fraction of sp³-hybridized carbons (Fsp3) is 0.533. The number of halogens is 1. The minimum Gasteiger partial charge on any atom is -0.398 e. The summed E-state index contributed by atoms with van der Waals surface area (Å²) in [5.41, 5.74) is 7.33. The van der Waals surface area contributed by atoms with Gasteiger partial charge in [0.15, 0.2) is 0 Å². The third-order valence-electron chi connectivity index (χ3n) is 3.85. The number of nitrogens with two attached hydrogens (primary N) is 1. The minimum atomic E-state index is -0.291. The van der Waals surface area contributed by atoms with Crippen molar-refractivity contribution in [3.05, 3.63) is 29.6 Å². The maximum Gasteiger partial charge on any atom is 0.216 e. The van der Waals surface area contributed by atoms with Crippen molar-refractivity contribution in [1.82, 2.24) is 10.2 Å². The number of amides is 1. The second kappa shape index (κ2) is 6.70. The van der Waals surface area contributed by atoms with Crippen LogP contribution in [0.15, 0.2) is 18.2 Å². The zero-order chi connectivity index (χ0) is 14.5. The first-order valence-electron chi connectivity index (χ1n) is 7.05. The molecule has 110 valence electrons. The van der Waals surface area contributed by atoms with Gasteiger partial charge in [-0.05, 0) is 49.5 Å². The van der Waals surface area contributed by atoms with E-state index in [0.29, 0.717) is 11.6 Å². The Labute approximate surface area is 119 Å². The van der Waals surface area contributed by atoms with Crippen molar-refractivity contribution in [2.24, 2.45) is 5.92 Å². The highest BCUT2D eigenvalue weighted by molar-refractivity contribution is 5.72. The molecule has 0 aliphatic carbocycles. The van der Waals surface area contributed by atoms with E-state index in [9.17, 15) is 9.18 Å². The zero-order valence-electron chi connectivity index (χ0n) is 11.9. The molecule has 1 saturated heterocycles. The van der Waals surface area contributed by atoms with Gasteiger partial charge in [-0.15, -0.1) is 0 Å². The average molecular weight is 279 g/mol. The first kappa shape index (κ1) is 14.8. The van der Waals surface area contributed by atoms with Crippen LogP contribution in [0.4, 0.5) is 10.1 Å². The van der Waals surface area contributed by atoms with Crippen molar-refractivity contribution in [2.75, 3.05) is 25.4 Å². The maximum atomic E-state index is 13.0. The number of carbonyl (C=O) groups is 1. The molecular weight excluding hydrogens is 257 g/mol. The van der Waals surface area contributed by atoms with Crippen LogP contribution in [-0.4, -0.2) is 30.4 Å². The first-order valence-corrected chi connectivity index (χ1v) is 7.05. The highest BCUT2D eigenvalue weighted by atomic mass is 19.1. The summed E-state index contributed by atoms with van der Waals surface area (Å²) in [6.45, 7) is 5.05. The number of nitrogens with zero attached hydrogens (tertiary/aromatic N) is 1. The standard InChI is InChI=1S/C15H22FN3O/c1-11(20)18-9-12-4-6-19(7-5-12)10-13-2-3-14(16)8-15(13)17/h2-3,8,12H,4-7,9-10,17H2,1H3,(H,18,20). The zero-order valence-corrected chi connectivity index (χ0v) is 11.9. The number of nitrogens with one attached hydrogen (secondary N) is 1. The van der Waals surface area contributed by atoms with Crippen LogP contribution in [-0.2, 0) is 11.3 Å². The molecule has 0 aromatic heterocycles. The quantitative estimate of drug-likeness (QED) is 0.826. The van der Waals surface area contributed by atoms with Crippen LogP contribution in [0, 0.1) is 11.7 Å². The summed E-state index contributed by atoms with van der Waals surface area (Å²) in [6.07, 6.45) is 2.14. The van der Waals surface area contributed by atoms with Gasteiger partial charge in [-0.25, -0.2) is 4.39 Å². The van der Waals surface area contributed by atoms with Gasteiger partial charge in [0.05, 0.1) is 0 Å². The van der Waals surface area contributed by atoms with E-state index in [4.69, 9.17) is 5.73 Å². The highest BCUT2D eigenvalue weighted by Crippen LogP contribution is 2.21. The third kappa shape index (κ3) is 4.20. The van der Waals surface area contributed by atoms with Gasteiger partial charge in [0.1, 0.15) is 5.82 Å². The lowest BCUT2D eigenvalue weighted by Crippen LogP contribution is -2.37. The van der Waals surface area contributed by atoms with Gasteiger partial charge in [0.2, 0.25) is 5.91 Å². The molecule has 0 atom stereocenters. The topological polar surface area (TPSA) is 58.4 Å². The normalized spacial score (nSPS) is 17.1. The van der Waals surface area contributed by atoms with Crippen LogP contribution >= 0.6 is 0 Å². The molecule has 1 heterocycles. The summed E-state index contributed by atoms with van der Waals surface area (Å²) in [7, 11) is 0. The van der Waals surface area contributed by atoms with Gasteiger partial charge in [-0.1, -0.05) is 6.07 Å². The van der Waals surface area contributed by atoms with E-state index in [1.807, 2.05) is 0 Å². The number of carbonyl (C=O) groups excluding carboxylic acids is 1. The van der Waals surface area contributed by atoms with E-state index in [0.717, 1.165) is 44.6 Å². The summed E-state index contributed by atoms with van der Waals surface area (Å²) < 4.78 is 13.0. The lowest BCUT2D eigenvalue weighted by Gasteiger charge is -2.32. The van der Waals surface area contributed by atoms with Crippen molar-refractivity contribution < 1.29 is 9.18 Å². The molecule has 1 fully saturated rings. The molecule has 3 N–H and O–H groups in total. The van der Waals surface area contributed by atoms with Gasteiger partial charge in [-0.2, -0.15) is 0 Å². The molecule has 0 radical (unpaired) electrons. The fourth-order valence-corrected chi connectivity index (χ4v) is 2.59. The van der Waals surface area contributed by atoms with E-state index in [1.165, 1.54) is 12.1 Å². The summed E-state index contributed by atoms with van der Waals surface area (Å²) in [5.74, 6) is 0.299. The second-order valence-corrected chi connectivity index (χ2v) is 5.50. The molecule has 1 amide bonds. The number of anilines is 1. The van der Waals surface area contributed by atoms with Gasteiger partial charge in [0, 0.05) is 25.7 Å². The molecule has 1 aromatic rings. The monoisotopic (exact) mass is 279 g/mol. The number of likely N-dealkylation sites (tertiary alicyclic amines) is 1. The fourth-order valence-electron chi connectivity index (χ4n) is 2.59. The van der Waals surface area contributed by atoms with Crippen LogP contribution < -0.4 is 11.1 Å². The summed E-state index contributed by atoms with van der Waals surface area (Å²) in [6, 6.07) is 4.59. The number of piperidine rings is 1. The summed E-state index contributed by atoms with van der Waals surface area (Å²) in [4.78, 5) is 13.2. The molecule has 2 rings (SSSR count). The second-order valence-electron chi connectivity index (χ2n) is 5.50. The smallest absolute Gasteiger partial charge is 0.216 e. The number of hydrogen-bond acceptors (Lipinski definition) is 3. The molecule has 0 unspecified atom stereocenters. The van der Waals surface area contributed by atoms with Gasteiger partial charge < -0.3 is 11.1 Å². The molecular formula is C15H22FN3O. The number of rotatable bonds is 4. The van der Waals surface area contributed by atoms with E-state index < -0.39 is 0 Å². The first-order chi connectivity index (χ1) is 9.54. The van der Waals surface area contributed by atoms with Gasteiger partial charge in [-0.3, -0.25) is 9.69 Å². The van der Waals surface area contributed by atoms with Crippen LogP contribution in [0.3, 0.4) is 0 Å². The van der Waals surface area contributed by atoms with E-state index in [-0.39, 0.29) is 11.7 Å². The Hall–Kier alpha value is -1.62. The van der Waals surface area contributed by atoms with Crippen LogP contribution in [0.1, 0.15) is 25.3 Å². The predicted molar refractivity (Wildman–Crippen MR) is 77.5 cm³/mol. The molecule has 0 saturated carbocycles. The lowest BCUT2D eigenvalue weighted by molar-refractivity contribution is -0.119. The predicted octanol–water partition coefficient (Wildman–Crippen LogP) is 1.76. The van der Waals surface area contributed by atoms with Crippen molar-refractivity contribution in [3.8, 4) is 0 Å². The highest BCUT2D eigenvalue weighted by Gasteiger charge is 2.19. The Bertz CT molecular complexity index is 470. The van der Waals surface area contributed by atoms with Gasteiger partial charge in [0.25, 0.3) is 0 Å². The molecule has 5 heteroatoms. The molecule has 1 aliphatic rings. The average Bonchev–Trinajstić information content (AvgIpc) is 2.41. The Morgan fingerprint density at radius 3 is 2.75 bits per heavy atom. The maximum absolute atomic E-state index is 13.0. The van der Waals surface area contributed by atoms with Crippen molar-refractivity contribution in [1.29, 1.82) is 0 Å². The molecule has 4 nitrogen and oxygen atoms in total. The van der Waals surface area contributed by atoms with Crippen LogP contribution in [0.2, 0.25) is 0 Å². The van der Waals surface area contributed by atoms with Crippen molar-refractivity contribution in [2.45, 2.75) is 26.3 Å². The summed E-state index contributed by atoms with van der Waals surface area (Å²) >= 11 is 0. The number of hydrogen-bond donors (Lipinski definition) is 2. The molecule has 0 spiro atoms. The molecule has 0 bridgehead atoms. The lowest BCUT2D eigenvalue weighted by atomic mass is 9.96.